The number of nitrogens with one attached hydrogen (secondary N) is 3. The van der Waals surface area contributed by atoms with Crippen molar-refractivity contribution in [1.29, 1.82) is 0 Å². The van der Waals surface area contributed by atoms with Crippen molar-refractivity contribution in [3.63, 3.8) is 0 Å². The molecule has 57 heavy (non-hydrogen) atoms. The first kappa shape index (κ1) is 47.9. The molecule has 0 radical (unpaired) electrons. The van der Waals surface area contributed by atoms with Gasteiger partial charge in [0.05, 0.1) is 52.1 Å². The van der Waals surface area contributed by atoms with Gasteiger partial charge in [-0.25, -0.2) is 18.0 Å². The van der Waals surface area contributed by atoms with Crippen LogP contribution in [-0.2, 0) is 49.5 Å². The molecular formula is C37H47F5N4O11. The number of amides is 4. The maximum Gasteiger partial charge on any atom is 0.313 e. The molecule has 2 rings (SSSR count). The van der Waals surface area contributed by atoms with Crippen molar-refractivity contribution in [1.82, 2.24) is 10.6 Å². The van der Waals surface area contributed by atoms with Gasteiger partial charge in [0.25, 0.3) is 0 Å². The SMILES string of the molecule is CC(=O)OCc1ccc(NC(=O)[C@H](CCCNC(N)=O)CC(=O)[C@@H](NC(=O)CCOCCOCCOCCC(=O)Oc2c(F)c(F)c(F)c(F)c2F)C(C)C)cc1. The van der Waals surface area contributed by atoms with Crippen molar-refractivity contribution in [2.24, 2.45) is 17.6 Å². The van der Waals surface area contributed by atoms with Crippen LogP contribution in [0.25, 0.3) is 0 Å². The molecule has 0 bridgehead atoms. The summed E-state index contributed by atoms with van der Waals surface area (Å²) in [5.74, 6) is -17.3. The molecule has 0 spiro atoms. The van der Waals surface area contributed by atoms with E-state index >= 15 is 0 Å². The third-order valence-corrected chi connectivity index (χ3v) is 7.89. The highest BCUT2D eigenvalue weighted by molar-refractivity contribution is 5.97. The van der Waals surface area contributed by atoms with E-state index in [4.69, 9.17) is 24.7 Å². The Hall–Kier alpha value is -5.21. The Bertz CT molecular complexity index is 1650. The number of urea groups is 1. The van der Waals surface area contributed by atoms with Gasteiger partial charge in [0.15, 0.2) is 5.78 Å². The minimum atomic E-state index is -2.38. The van der Waals surface area contributed by atoms with Crippen LogP contribution in [0.4, 0.5) is 32.4 Å². The Morgan fingerprint density at radius 3 is 1.84 bits per heavy atom. The molecule has 0 unspecified atom stereocenters. The summed E-state index contributed by atoms with van der Waals surface area (Å²) in [5, 5.41) is 7.93. The molecule has 4 amide bonds. The van der Waals surface area contributed by atoms with Crippen LogP contribution in [0.1, 0.15) is 58.4 Å². The number of hydrogen-bond acceptors (Lipinski definition) is 11. The summed E-state index contributed by atoms with van der Waals surface area (Å²) in [7, 11) is 0. The zero-order chi connectivity index (χ0) is 42.5. The number of halogens is 5. The average Bonchev–Trinajstić information content (AvgIpc) is 3.16. The van der Waals surface area contributed by atoms with Crippen molar-refractivity contribution in [3.8, 4) is 5.75 Å². The van der Waals surface area contributed by atoms with Gasteiger partial charge in [0, 0.05) is 37.9 Å². The highest BCUT2D eigenvalue weighted by Crippen LogP contribution is 2.29. The normalized spacial score (nSPS) is 12.1. The summed E-state index contributed by atoms with van der Waals surface area (Å²) >= 11 is 0. The first-order valence-electron chi connectivity index (χ1n) is 17.9. The summed E-state index contributed by atoms with van der Waals surface area (Å²) < 4.78 is 91.9. The second kappa shape index (κ2) is 25.1. The van der Waals surface area contributed by atoms with Gasteiger partial charge in [-0.3, -0.25) is 24.0 Å². The lowest BCUT2D eigenvalue weighted by molar-refractivity contribution is -0.142. The molecule has 0 aliphatic heterocycles. The number of benzene rings is 2. The van der Waals surface area contributed by atoms with Gasteiger partial charge in [0.2, 0.25) is 46.6 Å². The molecule has 0 saturated carbocycles. The van der Waals surface area contributed by atoms with Gasteiger partial charge in [-0.15, -0.1) is 0 Å². The van der Waals surface area contributed by atoms with E-state index in [-0.39, 0.29) is 83.8 Å². The standard InChI is InChI=1S/C37H47F5N4O11/c1-21(2)34(26(48)19-24(5-4-12-44-37(43)52)36(51)45-25-8-6-23(7-9-25)20-56-22(3)47)46-27(49)10-13-53-15-17-55-18-16-54-14-11-28(50)57-35-32(41)30(39)29(38)31(40)33(35)42/h6-9,21,24,34H,4-5,10-20H2,1-3H3,(H,45,51)(H,46,49)(H3,43,44,52)/t24-,34+/m1/s1. The van der Waals surface area contributed by atoms with Gasteiger partial charge in [-0.1, -0.05) is 26.0 Å². The van der Waals surface area contributed by atoms with Crippen LogP contribution < -0.4 is 26.4 Å². The fourth-order valence-electron chi connectivity index (χ4n) is 4.94. The topological polar surface area (TPSA) is 211 Å². The predicted molar refractivity (Wildman–Crippen MR) is 191 cm³/mol. The fourth-order valence-corrected chi connectivity index (χ4v) is 4.94. The molecule has 2 aromatic rings. The number of nitrogens with two attached hydrogens (primary N) is 1. The third-order valence-electron chi connectivity index (χ3n) is 7.89. The number of rotatable bonds is 26. The van der Waals surface area contributed by atoms with Crippen LogP contribution in [0.5, 0.6) is 5.75 Å². The van der Waals surface area contributed by atoms with E-state index < -0.39 is 83.0 Å². The lowest BCUT2D eigenvalue weighted by Gasteiger charge is -2.24. The predicted octanol–water partition coefficient (Wildman–Crippen LogP) is 3.98. The van der Waals surface area contributed by atoms with E-state index in [9.17, 15) is 50.7 Å². The van der Waals surface area contributed by atoms with Gasteiger partial charge in [-0.2, -0.15) is 8.78 Å². The Morgan fingerprint density at radius 1 is 0.754 bits per heavy atom. The van der Waals surface area contributed by atoms with Gasteiger partial charge in [0.1, 0.15) is 6.61 Å². The van der Waals surface area contributed by atoms with E-state index in [0.717, 1.165) is 0 Å². The van der Waals surface area contributed by atoms with Crippen molar-refractivity contribution >= 4 is 41.3 Å². The maximum absolute atomic E-state index is 13.6. The lowest BCUT2D eigenvalue weighted by Crippen LogP contribution is -2.45. The van der Waals surface area contributed by atoms with Crippen LogP contribution in [0.3, 0.4) is 0 Å². The Balaban J connectivity index is 1.73. The minimum Gasteiger partial charge on any atom is -0.461 e. The van der Waals surface area contributed by atoms with Gasteiger partial charge < -0.3 is 45.4 Å². The lowest BCUT2D eigenvalue weighted by atomic mass is 9.89. The van der Waals surface area contributed by atoms with Crippen molar-refractivity contribution in [3.05, 3.63) is 58.9 Å². The Kier molecular flexibility index (Phi) is 21.1. The summed E-state index contributed by atoms with van der Waals surface area (Å²) in [6.45, 7) is 4.92. The molecule has 0 heterocycles. The molecule has 0 aliphatic rings. The van der Waals surface area contributed by atoms with Gasteiger partial charge in [-0.05, 0) is 36.5 Å². The van der Waals surface area contributed by atoms with E-state index in [2.05, 4.69) is 20.7 Å². The average molecular weight is 819 g/mol. The maximum atomic E-state index is 13.6. The number of carbonyl (C=O) groups excluding carboxylic acids is 6. The van der Waals surface area contributed by atoms with E-state index in [1.54, 1.807) is 38.1 Å². The fraction of sp³-hybridized carbons (Fsp3) is 0.514. The van der Waals surface area contributed by atoms with Crippen LogP contribution in [0, 0.1) is 40.9 Å². The Morgan fingerprint density at radius 2 is 1.30 bits per heavy atom. The number of primary amides is 1. The number of ketones is 1. The summed E-state index contributed by atoms with van der Waals surface area (Å²) in [5.41, 5.74) is 6.28. The number of esters is 2. The van der Waals surface area contributed by atoms with E-state index in [1.165, 1.54) is 6.92 Å². The molecule has 5 N–H and O–H groups in total. The highest BCUT2D eigenvalue weighted by atomic mass is 19.2. The third kappa shape index (κ3) is 17.6. The molecule has 0 aromatic heterocycles. The molecule has 2 atom stereocenters. The first-order valence-corrected chi connectivity index (χ1v) is 17.9. The van der Waals surface area contributed by atoms with Crippen LogP contribution >= 0.6 is 0 Å². The summed E-state index contributed by atoms with van der Waals surface area (Å²) in [4.78, 5) is 73.3. The summed E-state index contributed by atoms with van der Waals surface area (Å²) in [6.07, 6.45) is -0.266. The van der Waals surface area contributed by atoms with Crippen molar-refractivity contribution in [2.75, 3.05) is 51.5 Å². The van der Waals surface area contributed by atoms with Crippen LogP contribution in [-0.4, -0.2) is 87.8 Å². The number of ether oxygens (including phenoxy) is 5. The zero-order valence-corrected chi connectivity index (χ0v) is 31.7. The molecule has 20 heteroatoms. The molecule has 316 valence electrons. The van der Waals surface area contributed by atoms with Crippen molar-refractivity contribution in [2.45, 2.75) is 65.5 Å². The van der Waals surface area contributed by atoms with Gasteiger partial charge >= 0.3 is 18.0 Å². The van der Waals surface area contributed by atoms with Crippen LogP contribution in [0.15, 0.2) is 24.3 Å². The molecule has 0 saturated heterocycles. The quantitative estimate of drug-likeness (QED) is 0.0266. The van der Waals surface area contributed by atoms with Crippen molar-refractivity contribution < 1.29 is 74.4 Å². The van der Waals surface area contributed by atoms with E-state index in [1.807, 2.05) is 0 Å². The summed E-state index contributed by atoms with van der Waals surface area (Å²) in [6, 6.07) is 4.98. The monoisotopic (exact) mass is 818 g/mol. The highest BCUT2D eigenvalue weighted by Gasteiger charge is 2.30. The number of hydrogen-bond donors (Lipinski definition) is 4. The molecule has 0 aliphatic carbocycles. The molecule has 2 aromatic carbocycles. The Labute approximate surface area is 325 Å². The zero-order valence-electron chi connectivity index (χ0n) is 31.7. The number of anilines is 1. The smallest absolute Gasteiger partial charge is 0.313 e. The first-order chi connectivity index (χ1) is 27.0. The number of Topliss-reactive ketones (excluding diaryl/α,β-unsaturated/α-hetero) is 1. The number of carbonyl (C=O) groups is 6. The molecule has 0 fully saturated rings. The minimum absolute atomic E-state index is 0.00653. The van der Waals surface area contributed by atoms with Crippen LogP contribution in [0.2, 0.25) is 0 Å². The molecule has 15 nitrogen and oxygen atoms in total. The largest absolute Gasteiger partial charge is 0.461 e. The molecular weight excluding hydrogens is 771 g/mol. The second-order valence-electron chi connectivity index (χ2n) is 12.8. The second-order valence-corrected chi connectivity index (χ2v) is 12.8. The van der Waals surface area contributed by atoms with E-state index in [0.29, 0.717) is 17.7 Å².